The Balaban J connectivity index is 1.71. The lowest BCUT2D eigenvalue weighted by Gasteiger charge is -2.16. The van der Waals surface area contributed by atoms with E-state index in [0.717, 1.165) is 16.3 Å². The number of amides is 1. The molecular weight excluding hydrogens is 354 g/mol. The zero-order valence-electron chi connectivity index (χ0n) is 16.2. The van der Waals surface area contributed by atoms with E-state index in [1.807, 2.05) is 49.4 Å². The van der Waals surface area contributed by atoms with Crippen LogP contribution in [0.3, 0.4) is 0 Å². The van der Waals surface area contributed by atoms with Gasteiger partial charge in [0.25, 0.3) is 5.91 Å². The summed E-state index contributed by atoms with van der Waals surface area (Å²) in [5, 5.41) is 4.99. The van der Waals surface area contributed by atoms with Crippen molar-refractivity contribution in [1.82, 2.24) is 0 Å². The normalized spacial score (nSPS) is 11.7. The van der Waals surface area contributed by atoms with Gasteiger partial charge in [0.15, 0.2) is 6.10 Å². The van der Waals surface area contributed by atoms with Crippen LogP contribution in [-0.4, -0.2) is 24.6 Å². The Labute approximate surface area is 164 Å². The van der Waals surface area contributed by atoms with Gasteiger partial charge in [0.1, 0.15) is 5.75 Å². The van der Waals surface area contributed by atoms with Crippen LogP contribution < -0.4 is 10.1 Å². The lowest BCUT2D eigenvalue weighted by molar-refractivity contribution is -0.122. The van der Waals surface area contributed by atoms with Gasteiger partial charge in [-0.2, -0.15) is 0 Å². The quantitative estimate of drug-likeness (QED) is 0.631. The first kappa shape index (κ1) is 19.4. The Morgan fingerprint density at radius 2 is 1.75 bits per heavy atom. The molecule has 3 aromatic rings. The van der Waals surface area contributed by atoms with Crippen LogP contribution >= 0.6 is 0 Å². The Kier molecular flexibility index (Phi) is 5.94. The lowest BCUT2D eigenvalue weighted by Crippen LogP contribution is -2.30. The van der Waals surface area contributed by atoms with Crippen molar-refractivity contribution < 1.29 is 19.1 Å². The second kappa shape index (κ2) is 8.57. The van der Waals surface area contributed by atoms with Crippen molar-refractivity contribution in [3.63, 3.8) is 0 Å². The summed E-state index contributed by atoms with van der Waals surface area (Å²) >= 11 is 0. The molecule has 0 radical (unpaired) electrons. The van der Waals surface area contributed by atoms with E-state index in [-0.39, 0.29) is 5.91 Å². The van der Waals surface area contributed by atoms with E-state index in [4.69, 9.17) is 9.47 Å². The molecule has 0 bridgehead atoms. The Morgan fingerprint density at radius 3 is 2.50 bits per heavy atom. The number of esters is 1. The zero-order valence-corrected chi connectivity index (χ0v) is 16.2. The molecule has 28 heavy (non-hydrogen) atoms. The minimum Gasteiger partial charge on any atom is -0.481 e. The second-order valence-corrected chi connectivity index (χ2v) is 6.51. The van der Waals surface area contributed by atoms with Crippen LogP contribution in [0.4, 0.5) is 5.69 Å². The van der Waals surface area contributed by atoms with Crippen molar-refractivity contribution in [2.45, 2.75) is 26.9 Å². The van der Waals surface area contributed by atoms with Gasteiger partial charge in [-0.15, -0.1) is 0 Å². The molecule has 1 amide bonds. The van der Waals surface area contributed by atoms with E-state index in [2.05, 4.69) is 5.32 Å². The Morgan fingerprint density at radius 1 is 1.00 bits per heavy atom. The predicted octanol–water partition coefficient (Wildman–Crippen LogP) is 4.73. The number of ether oxygens (including phenoxy) is 2. The van der Waals surface area contributed by atoms with Gasteiger partial charge in [-0.25, -0.2) is 4.79 Å². The number of hydrogen-bond acceptors (Lipinski definition) is 4. The molecule has 3 aromatic carbocycles. The van der Waals surface area contributed by atoms with Crippen molar-refractivity contribution in [2.75, 3.05) is 11.9 Å². The van der Waals surface area contributed by atoms with Crippen LogP contribution in [0.5, 0.6) is 5.75 Å². The van der Waals surface area contributed by atoms with Crippen LogP contribution in [0, 0.1) is 6.92 Å². The Bertz CT molecular complexity index is 1010. The van der Waals surface area contributed by atoms with E-state index in [1.54, 1.807) is 32.0 Å². The van der Waals surface area contributed by atoms with Crippen LogP contribution in [0.15, 0.2) is 60.7 Å². The van der Waals surface area contributed by atoms with Gasteiger partial charge < -0.3 is 14.8 Å². The maximum Gasteiger partial charge on any atom is 0.338 e. The summed E-state index contributed by atoms with van der Waals surface area (Å²) in [4.78, 5) is 24.5. The van der Waals surface area contributed by atoms with Crippen molar-refractivity contribution in [3.8, 4) is 5.75 Å². The summed E-state index contributed by atoms with van der Waals surface area (Å²) in [6, 6.07) is 18.7. The SMILES string of the molecule is CCOC(=O)c1ccc(C)c(NC(=O)[C@H](C)Oc2ccc3ccccc3c2)c1. The van der Waals surface area contributed by atoms with Gasteiger partial charge >= 0.3 is 5.97 Å². The van der Waals surface area contributed by atoms with Gasteiger partial charge in [0.05, 0.1) is 12.2 Å². The fourth-order valence-electron chi connectivity index (χ4n) is 2.83. The number of nitrogens with one attached hydrogen (secondary N) is 1. The molecule has 1 atom stereocenters. The first-order valence-electron chi connectivity index (χ1n) is 9.22. The van der Waals surface area contributed by atoms with Gasteiger partial charge in [-0.05, 0) is 61.4 Å². The highest BCUT2D eigenvalue weighted by Crippen LogP contribution is 2.22. The molecule has 0 unspecified atom stereocenters. The first-order valence-corrected chi connectivity index (χ1v) is 9.22. The number of aryl methyl sites for hydroxylation is 1. The highest BCUT2D eigenvalue weighted by molar-refractivity contribution is 5.97. The minimum absolute atomic E-state index is 0.294. The zero-order chi connectivity index (χ0) is 20.1. The third-order valence-electron chi connectivity index (χ3n) is 4.41. The Hall–Kier alpha value is -3.34. The number of anilines is 1. The smallest absolute Gasteiger partial charge is 0.338 e. The summed E-state index contributed by atoms with van der Waals surface area (Å²) in [5.74, 6) is -0.0888. The molecule has 0 aliphatic rings. The van der Waals surface area contributed by atoms with Gasteiger partial charge in [0, 0.05) is 5.69 Å². The molecule has 0 aliphatic carbocycles. The summed E-state index contributed by atoms with van der Waals surface area (Å²) in [5.41, 5.74) is 1.80. The molecule has 0 spiro atoms. The summed E-state index contributed by atoms with van der Waals surface area (Å²) in [6.07, 6.45) is -0.702. The number of benzene rings is 3. The molecule has 144 valence electrons. The fraction of sp³-hybridized carbons (Fsp3) is 0.217. The summed E-state index contributed by atoms with van der Waals surface area (Å²) in [6.45, 7) is 5.60. The standard InChI is InChI=1S/C23H23NO4/c1-4-27-23(26)19-10-9-15(2)21(14-19)24-22(25)16(3)28-20-12-11-17-7-5-6-8-18(17)13-20/h5-14,16H,4H2,1-3H3,(H,24,25)/t16-/m0/s1. The highest BCUT2D eigenvalue weighted by Gasteiger charge is 2.17. The first-order chi connectivity index (χ1) is 13.5. The lowest BCUT2D eigenvalue weighted by atomic mass is 10.1. The van der Waals surface area contributed by atoms with Gasteiger partial charge in [0.2, 0.25) is 0 Å². The van der Waals surface area contributed by atoms with Crippen LogP contribution in [0.25, 0.3) is 10.8 Å². The molecule has 0 fully saturated rings. The molecule has 5 nitrogen and oxygen atoms in total. The monoisotopic (exact) mass is 377 g/mol. The molecule has 0 saturated heterocycles. The minimum atomic E-state index is -0.702. The van der Waals surface area contributed by atoms with Crippen LogP contribution in [-0.2, 0) is 9.53 Å². The van der Waals surface area contributed by atoms with Crippen LogP contribution in [0.1, 0.15) is 29.8 Å². The van der Waals surface area contributed by atoms with Crippen molar-refractivity contribution in [3.05, 3.63) is 71.8 Å². The topological polar surface area (TPSA) is 64.6 Å². The second-order valence-electron chi connectivity index (χ2n) is 6.51. The van der Waals surface area contributed by atoms with Crippen molar-refractivity contribution in [2.24, 2.45) is 0 Å². The number of carbonyl (C=O) groups is 2. The summed E-state index contributed by atoms with van der Waals surface area (Å²) < 4.78 is 10.8. The average Bonchev–Trinajstić information content (AvgIpc) is 2.69. The van der Waals surface area contributed by atoms with E-state index in [0.29, 0.717) is 23.6 Å². The maximum atomic E-state index is 12.6. The average molecular weight is 377 g/mol. The van der Waals surface area contributed by atoms with E-state index in [1.165, 1.54) is 0 Å². The maximum absolute atomic E-state index is 12.6. The number of carbonyl (C=O) groups excluding carboxylic acids is 2. The van der Waals surface area contributed by atoms with Gasteiger partial charge in [-0.1, -0.05) is 36.4 Å². The van der Waals surface area contributed by atoms with Crippen LogP contribution in [0.2, 0.25) is 0 Å². The van der Waals surface area contributed by atoms with Gasteiger partial charge in [-0.3, -0.25) is 4.79 Å². The number of fused-ring (bicyclic) bond motifs is 1. The number of rotatable bonds is 6. The van der Waals surface area contributed by atoms with Crippen molar-refractivity contribution in [1.29, 1.82) is 0 Å². The molecule has 5 heteroatoms. The number of hydrogen-bond donors (Lipinski definition) is 1. The molecular formula is C23H23NO4. The van der Waals surface area contributed by atoms with E-state index >= 15 is 0 Å². The van der Waals surface area contributed by atoms with Crippen molar-refractivity contribution >= 4 is 28.3 Å². The van der Waals surface area contributed by atoms with E-state index < -0.39 is 12.1 Å². The highest BCUT2D eigenvalue weighted by atomic mass is 16.5. The fourth-order valence-corrected chi connectivity index (χ4v) is 2.83. The summed E-state index contributed by atoms with van der Waals surface area (Å²) in [7, 11) is 0. The van der Waals surface area contributed by atoms with E-state index in [9.17, 15) is 9.59 Å². The third kappa shape index (κ3) is 4.49. The largest absolute Gasteiger partial charge is 0.481 e. The molecule has 0 aliphatic heterocycles. The third-order valence-corrected chi connectivity index (χ3v) is 4.41. The predicted molar refractivity (Wildman–Crippen MR) is 110 cm³/mol. The molecule has 0 aromatic heterocycles. The molecule has 0 heterocycles. The molecule has 1 N–H and O–H groups in total. The molecule has 0 saturated carbocycles. The molecule has 3 rings (SSSR count).